The molecule has 0 aromatic carbocycles. The molecule has 0 N–H and O–H groups in total. The van der Waals surface area contributed by atoms with Crippen LogP contribution < -0.4 is 5.11 Å². The molecule has 0 atom stereocenters. The van der Waals surface area contributed by atoms with Gasteiger partial charge in [-0.25, -0.2) is 9.97 Å². The van der Waals surface area contributed by atoms with Crippen LogP contribution in [0.1, 0.15) is 41.4 Å². The molecule has 4 nitrogen and oxygen atoms in total. The summed E-state index contributed by atoms with van der Waals surface area (Å²) in [5, 5.41) is 10.9. The minimum Gasteiger partial charge on any atom is -0.545 e. The lowest BCUT2D eigenvalue weighted by Gasteiger charge is -2.12. The van der Waals surface area contributed by atoms with Crippen molar-refractivity contribution in [3.63, 3.8) is 0 Å². The van der Waals surface area contributed by atoms with E-state index in [1.54, 1.807) is 6.92 Å². The van der Waals surface area contributed by atoms with Crippen LogP contribution in [0, 0.1) is 6.92 Å². The molecule has 0 aliphatic carbocycles. The lowest BCUT2D eigenvalue weighted by molar-refractivity contribution is -0.255. The van der Waals surface area contributed by atoms with Gasteiger partial charge < -0.3 is 9.90 Å². The van der Waals surface area contributed by atoms with Crippen molar-refractivity contribution in [1.82, 2.24) is 9.97 Å². The molecule has 1 aromatic heterocycles. The van der Waals surface area contributed by atoms with Gasteiger partial charge in [-0.3, -0.25) is 0 Å². The summed E-state index contributed by atoms with van der Waals surface area (Å²) in [4.78, 5) is 19.1. The first-order chi connectivity index (χ1) is 6.60. The van der Waals surface area contributed by atoms with Gasteiger partial charge in [0.15, 0.2) is 0 Å². The van der Waals surface area contributed by atoms with Gasteiger partial charge in [-0.1, -0.05) is 13.8 Å². The Bertz CT molecular complexity index is 336. The van der Waals surface area contributed by atoms with Crippen molar-refractivity contribution in [2.75, 3.05) is 0 Å². The SMILES string of the molecule is CCc1nc(C)nc(CC)c1C(=O)[O-]. The van der Waals surface area contributed by atoms with E-state index in [-0.39, 0.29) is 5.56 Å². The molecule has 4 heteroatoms. The summed E-state index contributed by atoms with van der Waals surface area (Å²) >= 11 is 0. The van der Waals surface area contributed by atoms with Gasteiger partial charge in [0, 0.05) is 5.56 Å². The Morgan fingerprint density at radius 2 is 1.64 bits per heavy atom. The quantitative estimate of drug-likeness (QED) is 0.691. The number of nitrogens with zero attached hydrogens (tertiary/aromatic N) is 2. The molecule has 1 aromatic rings. The normalized spacial score (nSPS) is 10.2. The Morgan fingerprint density at radius 3 is 1.93 bits per heavy atom. The third-order valence-corrected chi connectivity index (χ3v) is 2.04. The maximum absolute atomic E-state index is 10.9. The minimum absolute atomic E-state index is 0.167. The van der Waals surface area contributed by atoms with Crippen LogP contribution in [-0.2, 0) is 12.8 Å². The Hall–Kier alpha value is -1.45. The molecule has 0 aliphatic heterocycles. The molecule has 0 fully saturated rings. The number of carbonyl (C=O) groups is 1. The highest BCUT2D eigenvalue weighted by Gasteiger charge is 2.10. The predicted octanol–water partition coefficient (Wildman–Crippen LogP) is 0.273. The van der Waals surface area contributed by atoms with E-state index in [2.05, 4.69) is 9.97 Å². The first kappa shape index (κ1) is 10.6. The summed E-state index contributed by atoms with van der Waals surface area (Å²) in [5.74, 6) is -0.567. The lowest BCUT2D eigenvalue weighted by atomic mass is 10.1. The summed E-state index contributed by atoms with van der Waals surface area (Å²) in [6.45, 7) is 5.50. The summed E-state index contributed by atoms with van der Waals surface area (Å²) in [6.07, 6.45) is 1.17. The van der Waals surface area contributed by atoms with Gasteiger partial charge in [0.2, 0.25) is 0 Å². The number of aromatic carboxylic acids is 1. The van der Waals surface area contributed by atoms with Gasteiger partial charge in [0.1, 0.15) is 5.82 Å². The molecule has 0 aliphatic rings. The van der Waals surface area contributed by atoms with Crippen molar-refractivity contribution in [2.45, 2.75) is 33.6 Å². The summed E-state index contributed by atoms with van der Waals surface area (Å²) < 4.78 is 0. The van der Waals surface area contributed by atoms with E-state index >= 15 is 0 Å². The number of rotatable bonds is 3. The Labute approximate surface area is 83.0 Å². The molecule has 0 unspecified atom stereocenters. The van der Waals surface area contributed by atoms with Crippen molar-refractivity contribution < 1.29 is 9.90 Å². The number of carbonyl (C=O) groups excluding carboxylic acids is 1. The van der Waals surface area contributed by atoms with Gasteiger partial charge in [-0.2, -0.15) is 0 Å². The molecular weight excluding hydrogens is 180 g/mol. The number of hydrogen-bond donors (Lipinski definition) is 0. The molecular formula is C10H13N2O2-. The first-order valence-electron chi connectivity index (χ1n) is 4.67. The van der Waals surface area contributed by atoms with E-state index in [0.717, 1.165) is 0 Å². The van der Waals surface area contributed by atoms with E-state index in [0.29, 0.717) is 30.1 Å². The van der Waals surface area contributed by atoms with Gasteiger partial charge >= 0.3 is 0 Å². The number of carboxylic acids is 1. The van der Waals surface area contributed by atoms with Crippen molar-refractivity contribution in [3.8, 4) is 0 Å². The zero-order chi connectivity index (χ0) is 10.7. The van der Waals surface area contributed by atoms with Crippen LogP contribution in [0.25, 0.3) is 0 Å². The van der Waals surface area contributed by atoms with Crippen molar-refractivity contribution in [1.29, 1.82) is 0 Å². The van der Waals surface area contributed by atoms with Gasteiger partial charge in [-0.15, -0.1) is 0 Å². The fraction of sp³-hybridized carbons (Fsp3) is 0.500. The second-order valence-electron chi connectivity index (χ2n) is 3.03. The highest BCUT2D eigenvalue weighted by Crippen LogP contribution is 2.12. The smallest absolute Gasteiger partial charge is 0.125 e. The van der Waals surface area contributed by atoms with Gasteiger partial charge in [-0.05, 0) is 19.8 Å². The molecule has 0 saturated carbocycles. The maximum Gasteiger partial charge on any atom is 0.125 e. The fourth-order valence-corrected chi connectivity index (χ4v) is 1.44. The van der Waals surface area contributed by atoms with E-state index < -0.39 is 5.97 Å². The first-order valence-corrected chi connectivity index (χ1v) is 4.67. The number of aromatic nitrogens is 2. The highest BCUT2D eigenvalue weighted by atomic mass is 16.4. The Balaban J connectivity index is 3.40. The monoisotopic (exact) mass is 193 g/mol. The molecule has 76 valence electrons. The van der Waals surface area contributed by atoms with Crippen molar-refractivity contribution in [2.24, 2.45) is 0 Å². The minimum atomic E-state index is -1.18. The van der Waals surface area contributed by atoms with Crippen LogP contribution in [0.5, 0.6) is 0 Å². The number of hydrogen-bond acceptors (Lipinski definition) is 4. The molecule has 0 amide bonds. The fourth-order valence-electron chi connectivity index (χ4n) is 1.44. The second kappa shape index (κ2) is 4.17. The summed E-state index contributed by atoms with van der Waals surface area (Å²) in [7, 11) is 0. The third-order valence-electron chi connectivity index (χ3n) is 2.04. The average Bonchev–Trinajstić information content (AvgIpc) is 2.15. The summed E-state index contributed by atoms with van der Waals surface area (Å²) in [6, 6.07) is 0. The highest BCUT2D eigenvalue weighted by molar-refractivity contribution is 5.88. The lowest BCUT2D eigenvalue weighted by Crippen LogP contribution is -2.27. The maximum atomic E-state index is 10.9. The van der Waals surface area contributed by atoms with E-state index in [1.807, 2.05) is 13.8 Å². The van der Waals surface area contributed by atoms with Crippen molar-refractivity contribution >= 4 is 5.97 Å². The predicted molar refractivity (Wildman–Crippen MR) is 49.9 cm³/mol. The van der Waals surface area contributed by atoms with Crippen LogP contribution in [-0.4, -0.2) is 15.9 Å². The van der Waals surface area contributed by atoms with Crippen molar-refractivity contribution in [3.05, 3.63) is 22.8 Å². The largest absolute Gasteiger partial charge is 0.545 e. The van der Waals surface area contributed by atoms with Crippen LogP contribution in [0.4, 0.5) is 0 Å². The molecule has 0 bridgehead atoms. The topological polar surface area (TPSA) is 65.9 Å². The molecule has 1 heterocycles. The van der Waals surface area contributed by atoms with Crippen LogP contribution in [0.15, 0.2) is 0 Å². The van der Waals surface area contributed by atoms with E-state index in [4.69, 9.17) is 0 Å². The number of carboxylic acid groups (broad SMARTS) is 1. The molecule has 14 heavy (non-hydrogen) atoms. The van der Waals surface area contributed by atoms with E-state index in [1.165, 1.54) is 0 Å². The second-order valence-corrected chi connectivity index (χ2v) is 3.03. The molecule has 0 spiro atoms. The molecule has 0 radical (unpaired) electrons. The Morgan fingerprint density at radius 1 is 1.21 bits per heavy atom. The zero-order valence-corrected chi connectivity index (χ0v) is 8.63. The standard InChI is InChI=1S/C10H14N2O2/c1-4-7-9(10(13)14)8(5-2)12-6(3)11-7/h4-5H2,1-3H3,(H,13,14)/p-1. The van der Waals surface area contributed by atoms with Crippen LogP contribution >= 0.6 is 0 Å². The summed E-state index contributed by atoms with van der Waals surface area (Å²) in [5.41, 5.74) is 1.30. The van der Waals surface area contributed by atoms with Gasteiger partial charge in [0.25, 0.3) is 0 Å². The zero-order valence-electron chi connectivity index (χ0n) is 8.63. The molecule has 0 saturated heterocycles. The van der Waals surface area contributed by atoms with Gasteiger partial charge in [0.05, 0.1) is 17.4 Å². The molecule has 1 rings (SSSR count). The van der Waals surface area contributed by atoms with E-state index in [9.17, 15) is 9.90 Å². The average molecular weight is 193 g/mol. The third kappa shape index (κ3) is 1.89. The van der Waals surface area contributed by atoms with Crippen LogP contribution in [0.3, 0.4) is 0 Å². The van der Waals surface area contributed by atoms with Crippen LogP contribution in [0.2, 0.25) is 0 Å². The Kier molecular flexibility index (Phi) is 3.17. The number of aryl methyl sites for hydroxylation is 3.